The van der Waals surface area contributed by atoms with Gasteiger partial charge >= 0.3 is 0 Å². The molecule has 1 amide bonds. The van der Waals surface area contributed by atoms with Crippen molar-refractivity contribution in [3.63, 3.8) is 0 Å². The molecule has 1 unspecified atom stereocenters. The lowest BCUT2D eigenvalue weighted by atomic mass is 9.95. The van der Waals surface area contributed by atoms with E-state index in [2.05, 4.69) is 0 Å². The number of benzene rings is 3. The van der Waals surface area contributed by atoms with Crippen LogP contribution in [-0.4, -0.2) is 42.0 Å². The summed E-state index contributed by atoms with van der Waals surface area (Å²) < 4.78 is 11.0. The molecule has 0 bridgehead atoms. The summed E-state index contributed by atoms with van der Waals surface area (Å²) >= 11 is 0. The van der Waals surface area contributed by atoms with Crippen LogP contribution in [0.25, 0.3) is 5.76 Å². The van der Waals surface area contributed by atoms with Gasteiger partial charge in [0.15, 0.2) is 0 Å². The number of amides is 1. The molecule has 1 atom stereocenters. The molecule has 0 spiro atoms. The van der Waals surface area contributed by atoms with Gasteiger partial charge in [0.2, 0.25) is 0 Å². The van der Waals surface area contributed by atoms with Gasteiger partial charge in [-0.3, -0.25) is 9.59 Å². The minimum Gasteiger partial charge on any atom is -0.507 e. The van der Waals surface area contributed by atoms with Crippen molar-refractivity contribution in [3.05, 3.63) is 107 Å². The number of Topliss-reactive ketones (excluding diaryl/α,β-unsaturated/α-hetero) is 1. The van der Waals surface area contributed by atoms with Crippen LogP contribution in [-0.2, 0) is 27.4 Å². The van der Waals surface area contributed by atoms with E-state index in [0.717, 1.165) is 17.5 Å². The Morgan fingerprint density at radius 2 is 1.60 bits per heavy atom. The van der Waals surface area contributed by atoms with Gasteiger partial charge in [0, 0.05) is 19.2 Å². The van der Waals surface area contributed by atoms with E-state index >= 15 is 0 Å². The first-order valence-electron chi connectivity index (χ1n) is 11.7. The highest BCUT2D eigenvalue weighted by Gasteiger charge is 2.45. The van der Waals surface area contributed by atoms with Crippen LogP contribution in [0.4, 0.5) is 0 Å². The molecule has 1 saturated heterocycles. The Labute approximate surface area is 205 Å². The molecule has 1 aliphatic heterocycles. The van der Waals surface area contributed by atoms with Crippen molar-refractivity contribution in [1.82, 2.24) is 4.90 Å². The van der Waals surface area contributed by atoms with E-state index in [4.69, 9.17) is 9.47 Å². The summed E-state index contributed by atoms with van der Waals surface area (Å²) in [5.41, 5.74) is 3.45. The molecule has 180 valence electrons. The maximum atomic E-state index is 13.1. The smallest absolute Gasteiger partial charge is 0.295 e. The number of aryl methyl sites for hydroxylation is 1. The summed E-state index contributed by atoms with van der Waals surface area (Å²) in [5.74, 6) is -0.863. The first-order chi connectivity index (χ1) is 17.0. The zero-order valence-electron chi connectivity index (χ0n) is 19.9. The Balaban J connectivity index is 1.67. The number of hydrogen-bond donors (Lipinski definition) is 1. The van der Waals surface area contributed by atoms with Crippen LogP contribution < -0.4 is 4.74 Å². The lowest BCUT2D eigenvalue weighted by Gasteiger charge is -2.25. The second-order valence-electron chi connectivity index (χ2n) is 8.38. The Bertz CT molecular complexity index is 1200. The maximum Gasteiger partial charge on any atom is 0.295 e. The molecule has 4 rings (SSSR count). The number of ketones is 1. The maximum absolute atomic E-state index is 13.1. The molecule has 6 nitrogen and oxygen atoms in total. The molecule has 3 aromatic rings. The molecule has 6 heteroatoms. The number of rotatable bonds is 9. The van der Waals surface area contributed by atoms with E-state index in [-0.39, 0.29) is 24.5 Å². The third-order valence-corrected chi connectivity index (χ3v) is 6.16. The summed E-state index contributed by atoms with van der Waals surface area (Å²) in [4.78, 5) is 27.4. The van der Waals surface area contributed by atoms with Crippen molar-refractivity contribution < 1.29 is 24.2 Å². The number of aliphatic hydroxyl groups excluding tert-OH is 1. The summed E-state index contributed by atoms with van der Waals surface area (Å²) in [6.07, 6.45) is 0.862. The number of aliphatic hydroxyl groups is 1. The molecule has 0 aliphatic carbocycles. The molecule has 1 N–H and O–H groups in total. The molecule has 3 aromatic carbocycles. The van der Waals surface area contributed by atoms with Crippen LogP contribution in [0.2, 0.25) is 0 Å². The molecular weight excluding hydrogens is 442 g/mol. The second-order valence-corrected chi connectivity index (χ2v) is 8.38. The number of methoxy groups -OCH3 is 1. The van der Waals surface area contributed by atoms with Crippen LogP contribution in [0.1, 0.15) is 35.2 Å². The predicted molar refractivity (Wildman–Crippen MR) is 134 cm³/mol. The Hall–Kier alpha value is -3.90. The lowest BCUT2D eigenvalue weighted by molar-refractivity contribution is -0.140. The van der Waals surface area contributed by atoms with Crippen molar-refractivity contribution in [2.45, 2.75) is 26.0 Å². The fraction of sp³-hybridized carbons (Fsp3) is 0.241. The third kappa shape index (κ3) is 5.28. The third-order valence-electron chi connectivity index (χ3n) is 6.16. The monoisotopic (exact) mass is 471 g/mol. The van der Waals surface area contributed by atoms with Crippen molar-refractivity contribution in [1.29, 1.82) is 0 Å². The Kier molecular flexibility index (Phi) is 7.63. The van der Waals surface area contributed by atoms with Gasteiger partial charge in [-0.1, -0.05) is 73.7 Å². The van der Waals surface area contributed by atoms with Gasteiger partial charge in [0.05, 0.1) is 18.2 Å². The fourth-order valence-corrected chi connectivity index (χ4v) is 4.19. The zero-order valence-corrected chi connectivity index (χ0v) is 19.9. The molecule has 0 saturated carbocycles. The number of hydrogen-bond acceptors (Lipinski definition) is 5. The van der Waals surface area contributed by atoms with Gasteiger partial charge in [-0.2, -0.15) is 0 Å². The van der Waals surface area contributed by atoms with Crippen molar-refractivity contribution in [3.8, 4) is 5.75 Å². The SMILES string of the molecule is CCc1ccc(/C(O)=C2/C(=O)C(=O)N(CCOC)C2c2ccc(OCc3ccccc3)cc2)cc1. The predicted octanol–water partition coefficient (Wildman–Crippen LogP) is 4.90. The van der Waals surface area contributed by atoms with Crippen LogP contribution in [0.3, 0.4) is 0 Å². The van der Waals surface area contributed by atoms with E-state index in [1.807, 2.05) is 73.7 Å². The highest BCUT2D eigenvalue weighted by molar-refractivity contribution is 6.46. The van der Waals surface area contributed by atoms with Gasteiger partial charge in [-0.25, -0.2) is 0 Å². The van der Waals surface area contributed by atoms with E-state index in [0.29, 0.717) is 23.5 Å². The number of carbonyl (C=O) groups excluding carboxylic acids is 2. The first-order valence-corrected chi connectivity index (χ1v) is 11.7. The highest BCUT2D eigenvalue weighted by atomic mass is 16.5. The highest BCUT2D eigenvalue weighted by Crippen LogP contribution is 2.39. The van der Waals surface area contributed by atoms with Gasteiger partial charge < -0.3 is 19.5 Å². The largest absolute Gasteiger partial charge is 0.507 e. The van der Waals surface area contributed by atoms with E-state index in [1.54, 1.807) is 19.2 Å². The molecule has 1 fully saturated rings. The standard InChI is InChI=1S/C29H29NO5/c1-3-20-9-11-23(12-10-20)27(31)25-26(30(17-18-34-2)29(33)28(25)32)22-13-15-24(16-14-22)35-19-21-7-5-4-6-8-21/h4-16,26,31H,3,17-19H2,1-2H3/b27-25-. The molecule has 1 heterocycles. The minimum absolute atomic E-state index is 0.0771. The van der Waals surface area contributed by atoms with Crippen LogP contribution in [0.15, 0.2) is 84.4 Å². The fourth-order valence-electron chi connectivity index (χ4n) is 4.19. The zero-order chi connectivity index (χ0) is 24.8. The normalized spacial score (nSPS) is 17.1. The van der Waals surface area contributed by atoms with Gasteiger partial charge in [0.1, 0.15) is 18.1 Å². The molecule has 0 aromatic heterocycles. The summed E-state index contributed by atoms with van der Waals surface area (Å²) in [6, 6.07) is 23.8. The molecule has 35 heavy (non-hydrogen) atoms. The average Bonchev–Trinajstić information content (AvgIpc) is 3.16. The summed E-state index contributed by atoms with van der Waals surface area (Å²) in [6.45, 7) is 2.97. The van der Waals surface area contributed by atoms with E-state index in [1.165, 1.54) is 4.90 Å². The lowest BCUT2D eigenvalue weighted by Crippen LogP contribution is -2.32. The van der Waals surface area contributed by atoms with Gasteiger partial charge in [-0.05, 0) is 35.2 Å². The van der Waals surface area contributed by atoms with Crippen LogP contribution in [0, 0.1) is 0 Å². The van der Waals surface area contributed by atoms with Crippen molar-refractivity contribution >= 4 is 17.4 Å². The minimum atomic E-state index is -0.723. The number of nitrogens with zero attached hydrogens (tertiary/aromatic N) is 1. The first kappa shape index (κ1) is 24.2. The molecule has 1 aliphatic rings. The van der Waals surface area contributed by atoms with E-state index < -0.39 is 17.7 Å². The topological polar surface area (TPSA) is 76.1 Å². The molecular formula is C29H29NO5. The number of carbonyl (C=O) groups is 2. The Morgan fingerprint density at radius 3 is 2.23 bits per heavy atom. The number of likely N-dealkylation sites (tertiary alicyclic amines) is 1. The van der Waals surface area contributed by atoms with Crippen molar-refractivity contribution in [2.24, 2.45) is 0 Å². The van der Waals surface area contributed by atoms with Crippen LogP contribution in [0.5, 0.6) is 5.75 Å². The summed E-state index contributed by atoms with van der Waals surface area (Å²) in [5, 5.41) is 11.1. The van der Waals surface area contributed by atoms with Crippen molar-refractivity contribution in [2.75, 3.05) is 20.3 Å². The quantitative estimate of drug-likeness (QED) is 0.273. The van der Waals surface area contributed by atoms with Gasteiger partial charge in [0.25, 0.3) is 11.7 Å². The summed E-state index contributed by atoms with van der Waals surface area (Å²) in [7, 11) is 1.54. The van der Waals surface area contributed by atoms with Crippen LogP contribution >= 0.6 is 0 Å². The average molecular weight is 472 g/mol. The Morgan fingerprint density at radius 1 is 0.914 bits per heavy atom. The second kappa shape index (κ2) is 11.0. The number of ether oxygens (including phenoxy) is 2. The van der Waals surface area contributed by atoms with E-state index in [9.17, 15) is 14.7 Å². The molecule has 0 radical (unpaired) electrons. The van der Waals surface area contributed by atoms with Gasteiger partial charge in [-0.15, -0.1) is 0 Å².